The van der Waals surface area contributed by atoms with E-state index in [0.717, 1.165) is 24.7 Å². The van der Waals surface area contributed by atoms with E-state index < -0.39 is 0 Å². The minimum atomic E-state index is 0.456. The van der Waals surface area contributed by atoms with E-state index in [2.05, 4.69) is 13.8 Å². The summed E-state index contributed by atoms with van der Waals surface area (Å²) in [5.74, 6) is 1.91. The van der Waals surface area contributed by atoms with Crippen molar-refractivity contribution in [3.63, 3.8) is 0 Å². The molecule has 19 heavy (non-hydrogen) atoms. The third kappa shape index (κ3) is 13.3. The van der Waals surface area contributed by atoms with E-state index in [9.17, 15) is 0 Å². The molecule has 2 fully saturated rings. The molecule has 0 bridgehead atoms. The van der Waals surface area contributed by atoms with Crippen molar-refractivity contribution in [2.24, 2.45) is 0 Å². The average Bonchev–Trinajstić information content (AvgIpc) is 3.28. The third-order valence-corrected chi connectivity index (χ3v) is 4.65. The van der Waals surface area contributed by atoms with Gasteiger partial charge in [0.15, 0.2) is 0 Å². The van der Waals surface area contributed by atoms with E-state index in [4.69, 9.17) is 13.1 Å². The lowest BCUT2D eigenvalue weighted by atomic mass is 10.1. The van der Waals surface area contributed by atoms with Gasteiger partial charge in [-0.25, -0.2) is 3.63 Å². The Morgan fingerprint density at radius 3 is 1.58 bits per heavy atom. The first-order valence-electron chi connectivity index (χ1n) is 7.51. The normalized spacial score (nSPS) is 23.7. The van der Waals surface area contributed by atoms with Crippen molar-refractivity contribution in [3.8, 4) is 0 Å². The lowest BCUT2D eigenvalue weighted by molar-refractivity contribution is 0.424. The lowest BCUT2D eigenvalue weighted by Crippen LogP contribution is -1.91. The fourth-order valence-corrected chi connectivity index (χ4v) is 2.83. The fraction of sp³-hybridized carbons (Fsp3) is 1.00. The molecule has 2 heterocycles. The highest BCUT2D eigenvalue weighted by Gasteiger charge is 2.24. The van der Waals surface area contributed by atoms with Crippen LogP contribution in [0.25, 0.3) is 0 Å². The smallest absolute Gasteiger partial charge is 0.0922 e. The highest BCUT2D eigenvalue weighted by molar-refractivity contribution is 8.07. The lowest BCUT2D eigenvalue weighted by Gasteiger charge is -1.96. The van der Waals surface area contributed by atoms with Crippen LogP contribution in [0.3, 0.4) is 0 Å². The van der Waals surface area contributed by atoms with Crippen molar-refractivity contribution >= 4 is 24.1 Å². The second-order valence-electron chi connectivity index (χ2n) is 4.96. The van der Waals surface area contributed by atoms with Crippen molar-refractivity contribution in [1.82, 2.24) is 0 Å². The number of hydrogen-bond donors (Lipinski definition) is 0. The van der Waals surface area contributed by atoms with Crippen LogP contribution in [-0.2, 0) is 13.1 Å². The number of unbranched alkanes of at least 4 members (excludes halogenated alkanes) is 5. The van der Waals surface area contributed by atoms with Crippen LogP contribution in [0, 0.1) is 0 Å². The first-order chi connectivity index (χ1) is 9.36. The zero-order valence-corrected chi connectivity index (χ0v) is 13.9. The molecule has 0 N–H and O–H groups in total. The largest absolute Gasteiger partial charge is 0.372 e. The van der Waals surface area contributed by atoms with Crippen LogP contribution in [0.5, 0.6) is 0 Å². The summed E-state index contributed by atoms with van der Waals surface area (Å²) in [6.07, 6.45) is 9.40. The zero-order valence-electron chi connectivity index (χ0n) is 12.3. The summed E-state index contributed by atoms with van der Waals surface area (Å²) >= 11 is 2.95. The van der Waals surface area contributed by atoms with Crippen molar-refractivity contribution in [2.75, 3.05) is 24.7 Å². The van der Waals surface area contributed by atoms with Crippen molar-refractivity contribution in [3.05, 3.63) is 0 Å². The van der Waals surface area contributed by atoms with Crippen LogP contribution >= 0.6 is 24.1 Å². The maximum absolute atomic E-state index is 5.21. The molecule has 0 aliphatic carbocycles. The SMILES string of the molecule is C1OC1CSOSCC1CO1.CCCCCCCC. The molecule has 0 saturated carbocycles. The molecule has 2 atom stereocenters. The topological polar surface area (TPSA) is 34.3 Å². The van der Waals surface area contributed by atoms with Gasteiger partial charge in [0.1, 0.15) is 0 Å². The Labute approximate surface area is 126 Å². The van der Waals surface area contributed by atoms with E-state index in [0.29, 0.717) is 12.2 Å². The number of ether oxygens (including phenoxy) is 2. The van der Waals surface area contributed by atoms with Gasteiger partial charge in [-0.1, -0.05) is 52.4 Å². The van der Waals surface area contributed by atoms with Crippen LogP contribution in [-0.4, -0.2) is 36.9 Å². The van der Waals surface area contributed by atoms with Gasteiger partial charge >= 0.3 is 0 Å². The van der Waals surface area contributed by atoms with Gasteiger partial charge in [0.05, 0.1) is 25.4 Å². The number of rotatable bonds is 11. The number of hydrogen-bond acceptors (Lipinski definition) is 5. The van der Waals surface area contributed by atoms with Crippen LogP contribution in [0.2, 0.25) is 0 Å². The molecule has 0 spiro atoms. The van der Waals surface area contributed by atoms with Gasteiger partial charge in [0.2, 0.25) is 0 Å². The molecule has 2 aliphatic heterocycles. The zero-order chi connectivity index (χ0) is 13.8. The predicted octanol–water partition coefficient (Wildman–Crippen LogP) is 4.46. The van der Waals surface area contributed by atoms with Gasteiger partial charge in [-0.3, -0.25) is 0 Å². The Morgan fingerprint density at radius 2 is 1.26 bits per heavy atom. The molecule has 2 unspecified atom stereocenters. The highest BCUT2D eigenvalue weighted by Crippen LogP contribution is 2.24. The molecule has 5 heteroatoms. The summed E-state index contributed by atoms with van der Waals surface area (Å²) < 4.78 is 15.2. The Kier molecular flexibility index (Phi) is 11.4. The summed E-state index contributed by atoms with van der Waals surface area (Å²) in [5, 5.41) is 0. The molecule has 2 saturated heterocycles. The van der Waals surface area contributed by atoms with Gasteiger partial charge in [-0.05, 0) is 0 Å². The first kappa shape index (κ1) is 17.6. The molecule has 0 radical (unpaired) electrons. The van der Waals surface area contributed by atoms with Crippen LogP contribution < -0.4 is 0 Å². The molecule has 0 amide bonds. The maximum Gasteiger partial charge on any atom is 0.0922 e. The predicted molar refractivity (Wildman–Crippen MR) is 84.5 cm³/mol. The van der Waals surface area contributed by atoms with E-state index in [1.165, 1.54) is 62.6 Å². The Hall–Kier alpha value is 0.580. The summed E-state index contributed by atoms with van der Waals surface area (Å²) in [6, 6.07) is 0. The summed E-state index contributed by atoms with van der Waals surface area (Å²) in [5.41, 5.74) is 0. The Morgan fingerprint density at radius 1 is 0.842 bits per heavy atom. The molecular weight excluding hydrogens is 280 g/mol. The second kappa shape index (κ2) is 12.3. The minimum Gasteiger partial charge on any atom is -0.372 e. The Bertz CT molecular complexity index is 177. The molecule has 2 aliphatic rings. The second-order valence-corrected chi connectivity index (χ2v) is 6.64. The maximum atomic E-state index is 5.21. The molecule has 0 aromatic rings. The molecule has 114 valence electrons. The van der Waals surface area contributed by atoms with E-state index in [1.54, 1.807) is 0 Å². The molecule has 0 aromatic carbocycles. The molecule has 3 nitrogen and oxygen atoms in total. The summed E-state index contributed by atoms with van der Waals surface area (Å²) in [4.78, 5) is 0. The molecule has 2 rings (SSSR count). The van der Waals surface area contributed by atoms with E-state index in [-0.39, 0.29) is 0 Å². The summed E-state index contributed by atoms with van der Waals surface area (Å²) in [7, 11) is 0. The van der Waals surface area contributed by atoms with Crippen molar-refractivity contribution < 1.29 is 13.1 Å². The van der Waals surface area contributed by atoms with Gasteiger partial charge in [-0.2, -0.15) is 0 Å². The summed E-state index contributed by atoms with van der Waals surface area (Å²) in [6.45, 7) is 6.33. The van der Waals surface area contributed by atoms with Crippen molar-refractivity contribution in [1.29, 1.82) is 0 Å². The van der Waals surface area contributed by atoms with Gasteiger partial charge in [0.25, 0.3) is 0 Å². The third-order valence-electron chi connectivity index (χ3n) is 2.87. The quantitative estimate of drug-likeness (QED) is 0.320. The van der Waals surface area contributed by atoms with Gasteiger partial charge in [-0.15, -0.1) is 0 Å². The molecule has 0 aromatic heterocycles. The monoisotopic (exact) mass is 308 g/mol. The average molecular weight is 309 g/mol. The first-order valence-corrected chi connectivity index (χ1v) is 9.33. The van der Waals surface area contributed by atoms with Gasteiger partial charge in [0, 0.05) is 35.6 Å². The van der Waals surface area contributed by atoms with E-state index >= 15 is 0 Å². The molecular formula is C14H28O3S2. The standard InChI is InChI=1S/C8H18.C6H10O3S2/c1-3-5-7-8-6-4-2;1-5(7-1)3-10-9-11-4-6-2-8-6/h3-8H2,1-2H3;5-6H,1-4H2. The minimum absolute atomic E-state index is 0.456. The van der Waals surface area contributed by atoms with Crippen molar-refractivity contribution in [2.45, 2.75) is 64.6 Å². The highest BCUT2D eigenvalue weighted by atomic mass is 32.2. The Balaban J connectivity index is 0.000000203. The van der Waals surface area contributed by atoms with Crippen LogP contribution in [0.15, 0.2) is 0 Å². The van der Waals surface area contributed by atoms with E-state index in [1.807, 2.05) is 0 Å². The van der Waals surface area contributed by atoms with Crippen LogP contribution in [0.4, 0.5) is 0 Å². The van der Waals surface area contributed by atoms with Gasteiger partial charge < -0.3 is 9.47 Å². The van der Waals surface area contributed by atoms with Crippen LogP contribution in [0.1, 0.15) is 52.4 Å². The number of epoxide rings is 2. The fourth-order valence-electron chi connectivity index (χ4n) is 1.42.